The van der Waals surface area contributed by atoms with Crippen molar-refractivity contribution in [3.05, 3.63) is 64.7 Å². The van der Waals surface area contributed by atoms with Crippen molar-refractivity contribution >= 4 is 29.2 Å². The minimum Gasteiger partial charge on any atom is -0.455 e. The molecule has 3 rings (SSSR count). The molecule has 1 aliphatic rings. The first-order valence-corrected chi connectivity index (χ1v) is 8.97. The van der Waals surface area contributed by atoms with Gasteiger partial charge in [-0.2, -0.15) is 0 Å². The molecule has 1 N–H and O–H groups in total. The van der Waals surface area contributed by atoms with Gasteiger partial charge in [-0.05, 0) is 48.7 Å². The Morgan fingerprint density at radius 1 is 1.11 bits per heavy atom. The highest BCUT2D eigenvalue weighted by atomic mass is 35.5. The number of amides is 1. The van der Waals surface area contributed by atoms with Crippen LogP contribution in [0.1, 0.15) is 31.2 Å². The van der Waals surface area contributed by atoms with Crippen molar-refractivity contribution in [1.82, 2.24) is 0 Å². The molecule has 0 spiro atoms. The third kappa shape index (κ3) is 4.27. The van der Waals surface area contributed by atoms with E-state index < -0.39 is 35.5 Å². The maximum atomic E-state index is 13.7. The number of hydrogen-bond acceptors (Lipinski definition) is 3. The van der Waals surface area contributed by atoms with Crippen LogP contribution >= 0.6 is 11.6 Å². The van der Waals surface area contributed by atoms with Crippen LogP contribution in [0.5, 0.6) is 0 Å². The number of halogens is 3. The van der Waals surface area contributed by atoms with E-state index in [0.717, 1.165) is 18.9 Å². The molecule has 1 saturated carbocycles. The Morgan fingerprint density at radius 3 is 2.56 bits per heavy atom. The van der Waals surface area contributed by atoms with Crippen LogP contribution in [0.2, 0.25) is 5.02 Å². The molecule has 0 atom stereocenters. The summed E-state index contributed by atoms with van der Waals surface area (Å²) in [5.41, 5.74) is -0.500. The molecule has 4 nitrogen and oxygen atoms in total. The summed E-state index contributed by atoms with van der Waals surface area (Å²) in [5.74, 6) is -2.34. The maximum Gasteiger partial charge on any atom is 0.317 e. The van der Waals surface area contributed by atoms with Crippen LogP contribution in [0.25, 0.3) is 0 Å². The van der Waals surface area contributed by atoms with E-state index in [2.05, 4.69) is 5.32 Å². The fourth-order valence-electron chi connectivity index (χ4n) is 3.42. The van der Waals surface area contributed by atoms with E-state index >= 15 is 0 Å². The predicted molar refractivity (Wildman–Crippen MR) is 97.5 cm³/mol. The van der Waals surface area contributed by atoms with Crippen LogP contribution in [0.4, 0.5) is 14.5 Å². The third-order valence-corrected chi connectivity index (χ3v) is 5.00. The van der Waals surface area contributed by atoms with Gasteiger partial charge < -0.3 is 10.1 Å². The van der Waals surface area contributed by atoms with Gasteiger partial charge in [-0.1, -0.05) is 36.6 Å². The van der Waals surface area contributed by atoms with Crippen LogP contribution in [0, 0.1) is 11.6 Å². The van der Waals surface area contributed by atoms with Crippen LogP contribution in [-0.4, -0.2) is 18.5 Å². The summed E-state index contributed by atoms with van der Waals surface area (Å²) in [6.45, 7) is -0.568. The Hall–Kier alpha value is -2.47. The van der Waals surface area contributed by atoms with E-state index in [1.807, 2.05) is 0 Å². The molecule has 0 aromatic heterocycles. The number of hydrogen-bond donors (Lipinski definition) is 1. The lowest BCUT2D eigenvalue weighted by molar-refractivity contribution is -0.153. The molecule has 1 aliphatic carbocycles. The summed E-state index contributed by atoms with van der Waals surface area (Å²) in [5, 5.41) is 2.59. The van der Waals surface area contributed by atoms with Crippen LogP contribution in [0.15, 0.2) is 42.5 Å². The molecule has 0 unspecified atom stereocenters. The highest BCUT2D eigenvalue weighted by Gasteiger charge is 2.44. The van der Waals surface area contributed by atoms with Gasteiger partial charge in [-0.25, -0.2) is 8.78 Å². The zero-order valence-corrected chi connectivity index (χ0v) is 15.2. The zero-order valence-electron chi connectivity index (χ0n) is 14.4. The van der Waals surface area contributed by atoms with E-state index in [-0.39, 0.29) is 10.7 Å². The monoisotopic (exact) mass is 393 g/mol. The predicted octanol–water partition coefficient (Wildman–Crippen LogP) is 4.61. The smallest absolute Gasteiger partial charge is 0.317 e. The number of anilines is 1. The molecule has 0 radical (unpaired) electrons. The molecule has 0 saturated heterocycles. The summed E-state index contributed by atoms with van der Waals surface area (Å²) < 4.78 is 32.5. The Labute approximate surface area is 160 Å². The first-order chi connectivity index (χ1) is 12.9. The van der Waals surface area contributed by atoms with E-state index in [4.69, 9.17) is 16.3 Å². The second-order valence-corrected chi connectivity index (χ2v) is 6.98. The van der Waals surface area contributed by atoms with Gasteiger partial charge >= 0.3 is 5.97 Å². The second-order valence-electron chi connectivity index (χ2n) is 6.55. The van der Waals surface area contributed by atoms with Crippen molar-refractivity contribution in [3.8, 4) is 0 Å². The lowest BCUT2D eigenvalue weighted by atomic mass is 9.79. The maximum absolute atomic E-state index is 13.7. The molecular formula is C20H18ClF2NO3. The van der Waals surface area contributed by atoms with Gasteiger partial charge in [-0.3, -0.25) is 9.59 Å². The molecule has 142 valence electrons. The normalized spacial score (nSPS) is 15.4. The first-order valence-electron chi connectivity index (χ1n) is 8.59. The van der Waals surface area contributed by atoms with E-state index in [1.54, 1.807) is 12.1 Å². The molecule has 1 fully saturated rings. The Kier molecular flexibility index (Phi) is 5.75. The zero-order chi connectivity index (χ0) is 19.4. The largest absolute Gasteiger partial charge is 0.455 e. The molecule has 0 aliphatic heterocycles. The number of esters is 1. The fraction of sp³-hybridized carbons (Fsp3) is 0.300. The second kappa shape index (κ2) is 8.05. The average molecular weight is 394 g/mol. The highest BCUT2D eigenvalue weighted by molar-refractivity contribution is 6.30. The van der Waals surface area contributed by atoms with Gasteiger partial charge in [-0.15, -0.1) is 0 Å². The van der Waals surface area contributed by atoms with Gasteiger partial charge in [0.05, 0.1) is 11.1 Å². The van der Waals surface area contributed by atoms with Crippen molar-refractivity contribution < 1.29 is 23.1 Å². The van der Waals surface area contributed by atoms with Gasteiger partial charge in [0.2, 0.25) is 0 Å². The lowest BCUT2D eigenvalue weighted by Crippen LogP contribution is -2.36. The third-order valence-electron chi connectivity index (χ3n) is 4.76. The van der Waals surface area contributed by atoms with Crippen LogP contribution < -0.4 is 5.32 Å². The number of benzene rings is 2. The summed E-state index contributed by atoms with van der Waals surface area (Å²) in [4.78, 5) is 24.8. The number of carbonyl (C=O) groups excluding carboxylic acids is 2. The summed E-state index contributed by atoms with van der Waals surface area (Å²) in [7, 11) is 0. The SMILES string of the molecule is O=C(COC(=O)C1(c2cccc(F)c2)CCCC1)Nc1cc(Cl)ccc1F. The van der Waals surface area contributed by atoms with Gasteiger partial charge in [0, 0.05) is 5.02 Å². The lowest BCUT2D eigenvalue weighted by Gasteiger charge is -2.27. The highest BCUT2D eigenvalue weighted by Crippen LogP contribution is 2.42. The van der Waals surface area contributed by atoms with Crippen molar-refractivity contribution in [2.45, 2.75) is 31.1 Å². The Morgan fingerprint density at radius 2 is 1.85 bits per heavy atom. The number of rotatable bonds is 5. The summed E-state index contributed by atoms with van der Waals surface area (Å²) in [6, 6.07) is 9.63. The summed E-state index contributed by atoms with van der Waals surface area (Å²) >= 11 is 5.78. The molecule has 0 heterocycles. The fourth-order valence-corrected chi connectivity index (χ4v) is 3.60. The number of nitrogens with one attached hydrogen (secondary N) is 1. The Bertz CT molecular complexity index is 866. The van der Waals surface area contributed by atoms with Crippen molar-refractivity contribution in [2.75, 3.05) is 11.9 Å². The Balaban J connectivity index is 1.68. The summed E-state index contributed by atoms with van der Waals surface area (Å²) in [6.07, 6.45) is 2.68. The van der Waals surface area contributed by atoms with Crippen LogP contribution in [-0.2, 0) is 19.7 Å². The first kappa shape index (κ1) is 19.3. The molecule has 1 amide bonds. The topological polar surface area (TPSA) is 55.4 Å². The minimum absolute atomic E-state index is 0.0933. The number of ether oxygens (including phenoxy) is 1. The van der Waals surface area contributed by atoms with Gasteiger partial charge in [0.15, 0.2) is 6.61 Å². The standard InChI is InChI=1S/C20H18ClF2NO3/c21-14-6-7-16(23)17(11-14)24-18(25)12-27-19(26)20(8-1-2-9-20)13-4-3-5-15(22)10-13/h3-7,10-11H,1-2,8-9,12H2,(H,24,25). The van der Waals surface area contributed by atoms with Gasteiger partial charge in [0.1, 0.15) is 11.6 Å². The molecule has 0 bridgehead atoms. The average Bonchev–Trinajstić information content (AvgIpc) is 3.14. The van der Waals surface area contributed by atoms with Crippen LogP contribution in [0.3, 0.4) is 0 Å². The molecule has 27 heavy (non-hydrogen) atoms. The van der Waals surface area contributed by atoms with Crippen molar-refractivity contribution in [3.63, 3.8) is 0 Å². The number of carbonyl (C=O) groups is 2. The molecule has 2 aromatic rings. The van der Waals surface area contributed by atoms with Gasteiger partial charge in [0.25, 0.3) is 5.91 Å². The quantitative estimate of drug-likeness (QED) is 0.754. The van der Waals surface area contributed by atoms with E-state index in [9.17, 15) is 18.4 Å². The molecular weight excluding hydrogens is 376 g/mol. The minimum atomic E-state index is -0.955. The molecule has 2 aromatic carbocycles. The van der Waals surface area contributed by atoms with E-state index in [1.165, 1.54) is 24.3 Å². The molecule has 7 heteroatoms. The van der Waals surface area contributed by atoms with E-state index in [0.29, 0.717) is 18.4 Å². The van der Waals surface area contributed by atoms with Crippen molar-refractivity contribution in [2.24, 2.45) is 0 Å². The van der Waals surface area contributed by atoms with Crippen molar-refractivity contribution in [1.29, 1.82) is 0 Å².